The second-order valence-corrected chi connectivity index (χ2v) is 3.95. The number of phenolic OH excluding ortho intramolecular Hbond substituents is 1. The largest absolute Gasteiger partial charge is 0.508 e. The highest BCUT2D eigenvalue weighted by Gasteiger charge is 2.34. The maximum atomic E-state index is 12.4. The Bertz CT molecular complexity index is 372. The highest BCUT2D eigenvalue weighted by atomic mass is 35.5. The Morgan fingerprint density at radius 3 is 2.20 bits per heavy atom. The fraction of sp³-hybridized carbons (Fsp3) is 0.400. The van der Waals surface area contributed by atoms with Gasteiger partial charge in [-0.2, -0.15) is 13.2 Å². The Kier molecular flexibility index (Phi) is 3.19. The minimum Gasteiger partial charge on any atom is -0.508 e. The van der Waals surface area contributed by atoms with Crippen LogP contribution in [0.3, 0.4) is 0 Å². The van der Waals surface area contributed by atoms with Crippen molar-refractivity contribution in [3.05, 3.63) is 28.3 Å². The number of halogens is 4. The van der Waals surface area contributed by atoms with E-state index in [9.17, 15) is 18.3 Å². The lowest BCUT2D eigenvalue weighted by Gasteiger charge is -2.14. The van der Waals surface area contributed by atoms with Crippen molar-refractivity contribution in [2.24, 2.45) is 0 Å². The van der Waals surface area contributed by atoms with E-state index in [1.165, 1.54) is 0 Å². The number of rotatable bonds is 1. The molecule has 1 rings (SSSR count). The summed E-state index contributed by atoms with van der Waals surface area (Å²) in [5.41, 5.74) is -0.598. The van der Waals surface area contributed by atoms with Crippen molar-refractivity contribution in [3.8, 4) is 5.75 Å². The standard InChI is InChI=1S/C10H10ClF3O/c1-5(2)6-3-8(11)7(4-9(6)15)10(12,13)14/h3-5,15H,1-2H3. The lowest BCUT2D eigenvalue weighted by Crippen LogP contribution is -2.06. The molecule has 5 heteroatoms. The van der Waals surface area contributed by atoms with E-state index in [0.717, 1.165) is 6.07 Å². The fourth-order valence-corrected chi connectivity index (χ4v) is 1.54. The molecule has 15 heavy (non-hydrogen) atoms. The Morgan fingerprint density at radius 1 is 1.27 bits per heavy atom. The summed E-state index contributed by atoms with van der Waals surface area (Å²) in [6.45, 7) is 3.53. The molecule has 1 nitrogen and oxygen atoms in total. The van der Waals surface area contributed by atoms with Crippen LogP contribution < -0.4 is 0 Å². The maximum Gasteiger partial charge on any atom is 0.417 e. The van der Waals surface area contributed by atoms with Gasteiger partial charge in [-0.05, 0) is 23.6 Å². The second kappa shape index (κ2) is 3.93. The zero-order chi connectivity index (χ0) is 11.8. The Balaban J connectivity index is 3.32. The van der Waals surface area contributed by atoms with Crippen LogP contribution in [0, 0.1) is 0 Å². The molecule has 0 atom stereocenters. The molecule has 84 valence electrons. The normalized spacial score (nSPS) is 12.2. The van der Waals surface area contributed by atoms with Gasteiger partial charge in [-0.25, -0.2) is 0 Å². The zero-order valence-electron chi connectivity index (χ0n) is 8.19. The zero-order valence-corrected chi connectivity index (χ0v) is 8.95. The summed E-state index contributed by atoms with van der Waals surface area (Å²) >= 11 is 5.50. The van der Waals surface area contributed by atoms with Gasteiger partial charge < -0.3 is 5.11 Å². The summed E-state index contributed by atoms with van der Waals surface area (Å²) in [7, 11) is 0. The van der Waals surface area contributed by atoms with Gasteiger partial charge in [0.15, 0.2) is 0 Å². The van der Waals surface area contributed by atoms with Gasteiger partial charge in [0.05, 0.1) is 10.6 Å². The quantitative estimate of drug-likeness (QED) is 0.778. The molecule has 0 saturated carbocycles. The molecule has 0 spiro atoms. The molecule has 0 aromatic heterocycles. The first kappa shape index (κ1) is 12.2. The molecule has 0 unspecified atom stereocenters. The van der Waals surface area contributed by atoms with E-state index in [1.54, 1.807) is 13.8 Å². The van der Waals surface area contributed by atoms with Crippen LogP contribution in [-0.4, -0.2) is 5.11 Å². The predicted molar refractivity (Wildman–Crippen MR) is 52.2 cm³/mol. The van der Waals surface area contributed by atoms with Gasteiger partial charge in [0.25, 0.3) is 0 Å². The van der Waals surface area contributed by atoms with Gasteiger partial charge in [0, 0.05) is 0 Å². The molecule has 0 radical (unpaired) electrons. The SMILES string of the molecule is CC(C)c1cc(Cl)c(C(F)(F)F)cc1O. The Morgan fingerprint density at radius 2 is 1.80 bits per heavy atom. The average Bonchev–Trinajstić information content (AvgIpc) is 2.06. The third kappa shape index (κ3) is 2.56. The van der Waals surface area contributed by atoms with Crippen molar-refractivity contribution < 1.29 is 18.3 Å². The third-order valence-electron chi connectivity index (χ3n) is 2.04. The summed E-state index contributed by atoms with van der Waals surface area (Å²) < 4.78 is 37.1. The lowest BCUT2D eigenvalue weighted by molar-refractivity contribution is -0.137. The summed E-state index contributed by atoms with van der Waals surface area (Å²) in [6.07, 6.45) is -4.54. The first-order chi connectivity index (χ1) is 6.73. The smallest absolute Gasteiger partial charge is 0.417 e. The van der Waals surface area contributed by atoms with Crippen molar-refractivity contribution in [2.45, 2.75) is 25.9 Å². The van der Waals surface area contributed by atoms with E-state index >= 15 is 0 Å². The molecule has 0 aliphatic heterocycles. The molecule has 0 bridgehead atoms. The molecular weight excluding hydrogens is 229 g/mol. The first-order valence-electron chi connectivity index (χ1n) is 4.33. The van der Waals surface area contributed by atoms with E-state index in [-0.39, 0.29) is 16.7 Å². The van der Waals surface area contributed by atoms with E-state index in [4.69, 9.17) is 11.6 Å². The van der Waals surface area contributed by atoms with Crippen LogP contribution in [0.15, 0.2) is 12.1 Å². The lowest BCUT2D eigenvalue weighted by atomic mass is 10.00. The molecule has 0 heterocycles. The maximum absolute atomic E-state index is 12.4. The van der Waals surface area contributed by atoms with Crippen molar-refractivity contribution in [1.29, 1.82) is 0 Å². The van der Waals surface area contributed by atoms with E-state index in [1.807, 2.05) is 0 Å². The van der Waals surface area contributed by atoms with Gasteiger partial charge in [-0.1, -0.05) is 25.4 Å². The van der Waals surface area contributed by atoms with Crippen LogP contribution >= 0.6 is 11.6 Å². The highest BCUT2D eigenvalue weighted by Crippen LogP contribution is 2.39. The predicted octanol–water partition coefficient (Wildman–Crippen LogP) is 4.19. The molecule has 0 aliphatic carbocycles. The van der Waals surface area contributed by atoms with E-state index < -0.39 is 11.7 Å². The summed E-state index contributed by atoms with van der Waals surface area (Å²) in [5.74, 6) is -0.452. The number of hydrogen-bond donors (Lipinski definition) is 1. The Hall–Kier alpha value is -0.900. The molecule has 0 amide bonds. The molecular formula is C10H10ClF3O. The van der Waals surface area contributed by atoms with Crippen molar-refractivity contribution in [2.75, 3.05) is 0 Å². The van der Waals surface area contributed by atoms with Gasteiger partial charge >= 0.3 is 6.18 Å². The third-order valence-corrected chi connectivity index (χ3v) is 2.36. The molecule has 0 saturated heterocycles. The summed E-state index contributed by atoms with van der Waals surface area (Å²) in [4.78, 5) is 0. The van der Waals surface area contributed by atoms with Gasteiger partial charge in [0.2, 0.25) is 0 Å². The number of hydrogen-bond acceptors (Lipinski definition) is 1. The minimum absolute atomic E-state index is 0.0789. The van der Waals surface area contributed by atoms with Crippen molar-refractivity contribution in [3.63, 3.8) is 0 Å². The molecule has 1 aromatic rings. The van der Waals surface area contributed by atoms with Gasteiger partial charge in [0.1, 0.15) is 5.75 Å². The van der Waals surface area contributed by atoms with Crippen molar-refractivity contribution >= 4 is 11.6 Å². The highest BCUT2D eigenvalue weighted by molar-refractivity contribution is 6.31. The fourth-order valence-electron chi connectivity index (χ4n) is 1.26. The molecule has 1 aromatic carbocycles. The molecule has 0 fully saturated rings. The van der Waals surface area contributed by atoms with Crippen LogP contribution in [0.25, 0.3) is 0 Å². The average molecular weight is 239 g/mol. The number of aromatic hydroxyl groups is 1. The van der Waals surface area contributed by atoms with Crippen LogP contribution in [0.2, 0.25) is 5.02 Å². The number of benzene rings is 1. The van der Waals surface area contributed by atoms with Crippen LogP contribution in [0.1, 0.15) is 30.9 Å². The van der Waals surface area contributed by atoms with Crippen molar-refractivity contribution in [1.82, 2.24) is 0 Å². The molecule has 0 aliphatic rings. The van der Waals surface area contributed by atoms with E-state index in [2.05, 4.69) is 0 Å². The second-order valence-electron chi connectivity index (χ2n) is 3.54. The number of phenols is 1. The van der Waals surface area contributed by atoms with Crippen LogP contribution in [0.5, 0.6) is 5.75 Å². The topological polar surface area (TPSA) is 20.2 Å². The number of alkyl halides is 3. The molecule has 1 N–H and O–H groups in total. The van der Waals surface area contributed by atoms with Gasteiger partial charge in [-0.3, -0.25) is 0 Å². The minimum atomic E-state index is -4.54. The van der Waals surface area contributed by atoms with Crippen LogP contribution in [-0.2, 0) is 6.18 Å². The van der Waals surface area contributed by atoms with E-state index in [0.29, 0.717) is 11.6 Å². The first-order valence-corrected chi connectivity index (χ1v) is 4.71. The monoisotopic (exact) mass is 238 g/mol. The van der Waals surface area contributed by atoms with Crippen LogP contribution in [0.4, 0.5) is 13.2 Å². The Labute approximate surface area is 90.5 Å². The summed E-state index contributed by atoms with van der Waals surface area (Å²) in [5, 5.41) is 9.01. The van der Waals surface area contributed by atoms with Gasteiger partial charge in [-0.15, -0.1) is 0 Å². The summed E-state index contributed by atoms with van der Waals surface area (Å²) in [6, 6.07) is 1.82.